The number of ether oxygens (including phenoxy) is 2. The summed E-state index contributed by atoms with van der Waals surface area (Å²) < 4.78 is 24.8. The first-order valence-electron chi connectivity index (χ1n) is 8.65. The molecule has 2 aromatic rings. The van der Waals surface area contributed by atoms with Crippen molar-refractivity contribution in [1.29, 1.82) is 0 Å². The Kier molecular flexibility index (Phi) is 5.73. The zero-order chi connectivity index (χ0) is 18.5. The van der Waals surface area contributed by atoms with Crippen LogP contribution in [-0.4, -0.2) is 30.5 Å². The van der Waals surface area contributed by atoms with E-state index >= 15 is 0 Å². The number of likely N-dealkylation sites (tertiary alicyclic amines) is 1. The fourth-order valence-electron chi connectivity index (χ4n) is 3.28. The summed E-state index contributed by atoms with van der Waals surface area (Å²) in [6, 6.07) is 11.8. The van der Waals surface area contributed by atoms with Gasteiger partial charge in [-0.1, -0.05) is 24.3 Å². The molecule has 1 aliphatic heterocycles. The van der Waals surface area contributed by atoms with Gasteiger partial charge in [-0.15, -0.1) is 0 Å². The van der Waals surface area contributed by atoms with E-state index in [1.165, 1.54) is 6.07 Å². The highest BCUT2D eigenvalue weighted by atomic mass is 19.1. The lowest BCUT2D eigenvalue weighted by atomic mass is 10.1. The minimum absolute atomic E-state index is 0.144. The summed E-state index contributed by atoms with van der Waals surface area (Å²) in [4.78, 5) is 13.6. The van der Waals surface area contributed by atoms with Crippen LogP contribution in [0.3, 0.4) is 0 Å². The predicted octanol–water partition coefficient (Wildman–Crippen LogP) is 2.86. The zero-order valence-corrected chi connectivity index (χ0v) is 14.8. The minimum Gasteiger partial charge on any atom is -0.496 e. The minimum atomic E-state index is -0.289. The molecule has 0 radical (unpaired) electrons. The second-order valence-electron chi connectivity index (χ2n) is 6.38. The number of benzene rings is 2. The second-order valence-corrected chi connectivity index (χ2v) is 6.38. The quantitative estimate of drug-likeness (QED) is 0.827. The molecule has 2 aromatic carbocycles. The van der Waals surface area contributed by atoms with Crippen molar-refractivity contribution in [3.05, 3.63) is 59.4 Å². The molecule has 138 valence electrons. The van der Waals surface area contributed by atoms with Crippen LogP contribution in [0.15, 0.2) is 42.5 Å². The number of nitrogens with two attached hydrogens (primary N) is 1. The van der Waals surface area contributed by atoms with Crippen molar-refractivity contribution < 1.29 is 18.7 Å². The molecule has 1 fully saturated rings. The number of hydrogen-bond donors (Lipinski definition) is 1. The van der Waals surface area contributed by atoms with E-state index in [1.54, 1.807) is 31.4 Å². The SMILES string of the molecule is COc1cc(OCc2ccccc2F)ccc1CN1CCCC1C(N)=O. The summed E-state index contributed by atoms with van der Waals surface area (Å²) in [5, 5.41) is 0. The van der Waals surface area contributed by atoms with Crippen LogP contribution in [0.1, 0.15) is 24.0 Å². The van der Waals surface area contributed by atoms with E-state index in [9.17, 15) is 9.18 Å². The van der Waals surface area contributed by atoms with Gasteiger partial charge in [0.2, 0.25) is 5.91 Å². The first-order chi connectivity index (χ1) is 12.6. The Labute approximate surface area is 152 Å². The summed E-state index contributed by atoms with van der Waals surface area (Å²) in [6.45, 7) is 1.57. The molecule has 0 bridgehead atoms. The van der Waals surface area contributed by atoms with Crippen LogP contribution in [0.5, 0.6) is 11.5 Å². The molecule has 0 saturated carbocycles. The number of halogens is 1. The standard InChI is InChI=1S/C20H23FN2O3/c1-25-19-11-16(26-13-15-5-2-3-6-17(15)21)9-8-14(19)12-23-10-4-7-18(23)20(22)24/h2-3,5-6,8-9,11,18H,4,7,10,12-13H2,1H3,(H2,22,24). The Morgan fingerprint density at radius 1 is 1.27 bits per heavy atom. The Morgan fingerprint density at radius 2 is 2.08 bits per heavy atom. The molecule has 5 nitrogen and oxygen atoms in total. The van der Waals surface area contributed by atoms with Gasteiger partial charge >= 0.3 is 0 Å². The number of hydrogen-bond acceptors (Lipinski definition) is 4. The van der Waals surface area contributed by atoms with Gasteiger partial charge in [0.15, 0.2) is 0 Å². The number of methoxy groups -OCH3 is 1. The van der Waals surface area contributed by atoms with E-state index in [2.05, 4.69) is 4.90 Å². The summed E-state index contributed by atoms with van der Waals surface area (Å²) in [5.41, 5.74) is 6.94. The molecule has 3 rings (SSSR count). The van der Waals surface area contributed by atoms with Crippen molar-refractivity contribution in [2.75, 3.05) is 13.7 Å². The van der Waals surface area contributed by atoms with Crippen LogP contribution in [-0.2, 0) is 17.9 Å². The van der Waals surface area contributed by atoms with Gasteiger partial charge < -0.3 is 15.2 Å². The van der Waals surface area contributed by atoms with E-state index in [1.807, 2.05) is 12.1 Å². The van der Waals surface area contributed by atoms with E-state index in [4.69, 9.17) is 15.2 Å². The fourth-order valence-corrected chi connectivity index (χ4v) is 3.28. The maximum Gasteiger partial charge on any atom is 0.234 e. The Hall–Kier alpha value is -2.60. The van der Waals surface area contributed by atoms with Crippen LogP contribution in [0.4, 0.5) is 4.39 Å². The number of carbonyl (C=O) groups excluding carboxylic acids is 1. The lowest BCUT2D eigenvalue weighted by molar-refractivity contribution is -0.122. The Balaban J connectivity index is 1.69. The van der Waals surface area contributed by atoms with Gasteiger partial charge in [-0.05, 0) is 31.5 Å². The number of carbonyl (C=O) groups is 1. The molecule has 1 amide bonds. The third-order valence-electron chi connectivity index (χ3n) is 4.68. The van der Waals surface area contributed by atoms with E-state index in [0.29, 0.717) is 23.6 Å². The van der Waals surface area contributed by atoms with Crippen molar-refractivity contribution in [2.24, 2.45) is 5.73 Å². The van der Waals surface area contributed by atoms with E-state index in [0.717, 1.165) is 24.9 Å². The van der Waals surface area contributed by atoms with Crippen LogP contribution in [0.2, 0.25) is 0 Å². The lowest BCUT2D eigenvalue weighted by Crippen LogP contribution is -2.39. The first-order valence-corrected chi connectivity index (χ1v) is 8.65. The highest BCUT2D eigenvalue weighted by Crippen LogP contribution is 2.29. The molecule has 0 aliphatic carbocycles. The number of primary amides is 1. The number of amides is 1. The van der Waals surface area contributed by atoms with Gasteiger partial charge in [0.05, 0.1) is 13.2 Å². The van der Waals surface area contributed by atoms with Crippen molar-refractivity contribution in [1.82, 2.24) is 4.90 Å². The molecule has 0 aromatic heterocycles. The monoisotopic (exact) mass is 358 g/mol. The summed E-state index contributed by atoms with van der Waals surface area (Å²) in [6.07, 6.45) is 1.75. The average molecular weight is 358 g/mol. The molecule has 1 unspecified atom stereocenters. The van der Waals surface area contributed by atoms with Gasteiger partial charge in [0.1, 0.15) is 23.9 Å². The highest BCUT2D eigenvalue weighted by molar-refractivity contribution is 5.80. The van der Waals surface area contributed by atoms with Crippen molar-refractivity contribution >= 4 is 5.91 Å². The molecule has 1 atom stereocenters. The predicted molar refractivity (Wildman–Crippen MR) is 96.4 cm³/mol. The normalized spacial score (nSPS) is 17.2. The third-order valence-corrected chi connectivity index (χ3v) is 4.68. The van der Waals surface area contributed by atoms with Gasteiger partial charge in [0, 0.05) is 23.7 Å². The second kappa shape index (κ2) is 8.19. The number of nitrogens with zero attached hydrogens (tertiary/aromatic N) is 1. The maximum atomic E-state index is 13.7. The van der Waals surface area contributed by atoms with E-state index < -0.39 is 0 Å². The van der Waals surface area contributed by atoms with Gasteiger partial charge in [-0.25, -0.2) is 4.39 Å². The van der Waals surface area contributed by atoms with Crippen LogP contribution < -0.4 is 15.2 Å². The third kappa shape index (κ3) is 4.14. The lowest BCUT2D eigenvalue weighted by Gasteiger charge is -2.23. The van der Waals surface area contributed by atoms with Gasteiger partial charge in [0.25, 0.3) is 0 Å². The average Bonchev–Trinajstić information content (AvgIpc) is 3.10. The summed E-state index contributed by atoms with van der Waals surface area (Å²) >= 11 is 0. The van der Waals surface area contributed by atoms with E-state index in [-0.39, 0.29) is 24.4 Å². The maximum absolute atomic E-state index is 13.7. The fraction of sp³-hybridized carbons (Fsp3) is 0.350. The van der Waals surface area contributed by atoms with Crippen molar-refractivity contribution in [3.63, 3.8) is 0 Å². The van der Waals surface area contributed by atoms with Gasteiger partial charge in [-0.3, -0.25) is 9.69 Å². The zero-order valence-electron chi connectivity index (χ0n) is 14.8. The van der Waals surface area contributed by atoms with Crippen LogP contribution >= 0.6 is 0 Å². The van der Waals surface area contributed by atoms with Crippen molar-refractivity contribution in [3.8, 4) is 11.5 Å². The number of rotatable bonds is 7. The molecule has 26 heavy (non-hydrogen) atoms. The Morgan fingerprint density at radius 3 is 2.81 bits per heavy atom. The van der Waals surface area contributed by atoms with Crippen LogP contribution in [0, 0.1) is 5.82 Å². The molecule has 2 N–H and O–H groups in total. The highest BCUT2D eigenvalue weighted by Gasteiger charge is 2.29. The molecule has 1 heterocycles. The molecule has 1 saturated heterocycles. The van der Waals surface area contributed by atoms with Crippen molar-refractivity contribution in [2.45, 2.75) is 32.0 Å². The molecular formula is C20H23FN2O3. The topological polar surface area (TPSA) is 64.8 Å². The summed E-state index contributed by atoms with van der Waals surface area (Å²) in [7, 11) is 1.59. The Bertz CT molecular complexity index is 781. The molecule has 0 spiro atoms. The largest absolute Gasteiger partial charge is 0.496 e. The molecule has 6 heteroatoms. The first kappa shape index (κ1) is 18.2. The van der Waals surface area contributed by atoms with Gasteiger partial charge in [-0.2, -0.15) is 0 Å². The summed E-state index contributed by atoms with van der Waals surface area (Å²) in [5.74, 6) is 0.696. The smallest absolute Gasteiger partial charge is 0.234 e. The molecular weight excluding hydrogens is 335 g/mol. The molecule has 1 aliphatic rings. The van der Waals surface area contributed by atoms with Crippen LogP contribution in [0.25, 0.3) is 0 Å².